The normalized spacial score (nSPS) is 24.5. The highest BCUT2D eigenvalue weighted by atomic mass is 15.1. The molecule has 0 aromatic carbocycles. The lowest BCUT2D eigenvalue weighted by Crippen LogP contribution is -2.38. The van der Waals surface area contributed by atoms with Crippen molar-refractivity contribution in [1.82, 2.24) is 4.90 Å². The fourth-order valence-electron chi connectivity index (χ4n) is 3.58. The third-order valence-corrected chi connectivity index (χ3v) is 4.87. The lowest BCUT2D eigenvalue weighted by molar-refractivity contribution is 0.0990. The first kappa shape index (κ1) is 14.7. The van der Waals surface area contributed by atoms with E-state index in [1.54, 1.807) is 5.57 Å². The summed E-state index contributed by atoms with van der Waals surface area (Å²) in [5, 5.41) is 0. The number of allylic oxidation sites excluding steroid dienone is 2. The Morgan fingerprint density at radius 1 is 1.32 bits per heavy atom. The quantitative estimate of drug-likeness (QED) is 0.632. The van der Waals surface area contributed by atoms with Crippen LogP contribution in [0.2, 0.25) is 0 Å². The molecule has 0 spiro atoms. The van der Waals surface area contributed by atoms with Gasteiger partial charge in [-0.05, 0) is 42.4 Å². The van der Waals surface area contributed by atoms with E-state index in [2.05, 4.69) is 52.2 Å². The predicted molar refractivity (Wildman–Crippen MR) is 84.0 cm³/mol. The molecule has 1 heteroatoms. The van der Waals surface area contributed by atoms with Crippen LogP contribution >= 0.6 is 0 Å². The molecule has 0 atom stereocenters. The molecule has 19 heavy (non-hydrogen) atoms. The highest BCUT2D eigenvalue weighted by Gasteiger charge is 2.38. The van der Waals surface area contributed by atoms with Crippen molar-refractivity contribution >= 4 is 0 Å². The van der Waals surface area contributed by atoms with Crippen LogP contribution in [-0.4, -0.2) is 18.0 Å². The standard InChI is InChI=1S/C18H31N/c1-14(15-12-18(5,6)13-15)19-10-7-8-16(9-11-19)17(2,3)4/h9,15H,1,7-8,10-13H2,2-6H3. The van der Waals surface area contributed by atoms with Gasteiger partial charge in [0.05, 0.1) is 0 Å². The molecular weight excluding hydrogens is 230 g/mol. The summed E-state index contributed by atoms with van der Waals surface area (Å²) in [6, 6.07) is 0. The fourth-order valence-corrected chi connectivity index (χ4v) is 3.58. The van der Waals surface area contributed by atoms with Gasteiger partial charge >= 0.3 is 0 Å². The number of rotatable bonds is 2. The minimum Gasteiger partial charge on any atom is -0.371 e. The van der Waals surface area contributed by atoms with Crippen molar-refractivity contribution in [3.05, 3.63) is 23.9 Å². The maximum atomic E-state index is 4.39. The van der Waals surface area contributed by atoms with E-state index in [1.165, 1.54) is 37.9 Å². The lowest BCUT2D eigenvalue weighted by atomic mass is 9.63. The van der Waals surface area contributed by atoms with Gasteiger partial charge in [-0.1, -0.05) is 52.8 Å². The van der Waals surface area contributed by atoms with Crippen LogP contribution in [0.3, 0.4) is 0 Å². The first-order valence-corrected chi connectivity index (χ1v) is 7.82. The van der Waals surface area contributed by atoms with Gasteiger partial charge in [0, 0.05) is 18.8 Å². The summed E-state index contributed by atoms with van der Waals surface area (Å²) in [6.07, 6.45) is 7.63. The van der Waals surface area contributed by atoms with Crippen molar-refractivity contribution in [1.29, 1.82) is 0 Å². The molecule has 0 unspecified atom stereocenters. The zero-order chi connectivity index (χ0) is 14.3. The Bertz CT molecular complexity index is 373. The molecule has 0 aromatic heterocycles. The second kappa shape index (κ2) is 5.00. The van der Waals surface area contributed by atoms with E-state index in [-0.39, 0.29) is 0 Å². The smallest absolute Gasteiger partial charge is 0.0359 e. The highest BCUT2D eigenvalue weighted by molar-refractivity contribution is 5.16. The average Bonchev–Trinajstić information content (AvgIpc) is 2.49. The minimum absolute atomic E-state index is 0.329. The molecule has 1 heterocycles. The van der Waals surface area contributed by atoms with Gasteiger partial charge in [-0.15, -0.1) is 0 Å². The molecule has 1 saturated carbocycles. The zero-order valence-electron chi connectivity index (χ0n) is 13.6. The Hall–Kier alpha value is -0.720. The first-order valence-electron chi connectivity index (χ1n) is 7.82. The summed E-state index contributed by atoms with van der Waals surface area (Å²) in [5.74, 6) is 0.736. The van der Waals surface area contributed by atoms with Crippen LogP contribution in [0.1, 0.15) is 60.3 Å². The Kier molecular flexibility index (Phi) is 3.86. The average molecular weight is 261 g/mol. The summed E-state index contributed by atoms with van der Waals surface area (Å²) in [4.78, 5) is 2.53. The molecule has 1 nitrogen and oxygen atoms in total. The van der Waals surface area contributed by atoms with Gasteiger partial charge < -0.3 is 4.90 Å². The largest absolute Gasteiger partial charge is 0.371 e. The molecule has 1 fully saturated rings. The molecule has 1 aliphatic carbocycles. The van der Waals surface area contributed by atoms with Gasteiger partial charge in [-0.2, -0.15) is 0 Å². The molecule has 0 saturated heterocycles. The fraction of sp³-hybridized carbons (Fsp3) is 0.778. The van der Waals surface area contributed by atoms with Crippen LogP contribution in [0.25, 0.3) is 0 Å². The zero-order valence-corrected chi connectivity index (χ0v) is 13.6. The molecule has 0 radical (unpaired) electrons. The summed E-state index contributed by atoms with van der Waals surface area (Å²) >= 11 is 0. The topological polar surface area (TPSA) is 3.24 Å². The van der Waals surface area contributed by atoms with Gasteiger partial charge in [-0.25, -0.2) is 0 Å². The van der Waals surface area contributed by atoms with Crippen LogP contribution in [0.5, 0.6) is 0 Å². The van der Waals surface area contributed by atoms with E-state index in [9.17, 15) is 0 Å². The molecule has 2 rings (SSSR count). The second-order valence-electron chi connectivity index (χ2n) is 8.29. The van der Waals surface area contributed by atoms with Crippen molar-refractivity contribution in [2.75, 3.05) is 13.1 Å². The molecule has 0 N–H and O–H groups in total. The van der Waals surface area contributed by atoms with Crippen molar-refractivity contribution < 1.29 is 0 Å². The predicted octanol–water partition coefficient (Wildman–Crippen LogP) is 5.00. The summed E-state index contributed by atoms with van der Waals surface area (Å²) in [7, 11) is 0. The van der Waals surface area contributed by atoms with Gasteiger partial charge in [0.1, 0.15) is 0 Å². The molecule has 0 aromatic rings. The molecule has 0 bridgehead atoms. The Morgan fingerprint density at radius 3 is 2.47 bits per heavy atom. The monoisotopic (exact) mass is 261 g/mol. The molecule has 0 amide bonds. The Morgan fingerprint density at radius 2 is 1.95 bits per heavy atom. The van der Waals surface area contributed by atoms with E-state index >= 15 is 0 Å². The second-order valence-corrected chi connectivity index (χ2v) is 8.29. The third-order valence-electron chi connectivity index (χ3n) is 4.87. The van der Waals surface area contributed by atoms with E-state index in [0.717, 1.165) is 12.5 Å². The Labute approximate surface area is 119 Å². The van der Waals surface area contributed by atoms with Gasteiger partial charge in [0.2, 0.25) is 0 Å². The minimum atomic E-state index is 0.329. The van der Waals surface area contributed by atoms with E-state index in [4.69, 9.17) is 0 Å². The van der Waals surface area contributed by atoms with Gasteiger partial charge in [0.25, 0.3) is 0 Å². The molecule has 1 aliphatic heterocycles. The molecule has 108 valence electrons. The van der Waals surface area contributed by atoms with Crippen LogP contribution in [0.4, 0.5) is 0 Å². The summed E-state index contributed by atoms with van der Waals surface area (Å²) in [5.41, 5.74) is 3.89. The van der Waals surface area contributed by atoms with Crippen LogP contribution in [-0.2, 0) is 0 Å². The van der Waals surface area contributed by atoms with Crippen molar-refractivity contribution in [3.63, 3.8) is 0 Å². The lowest BCUT2D eigenvalue weighted by Gasteiger charge is -2.46. The molecule has 2 aliphatic rings. The van der Waals surface area contributed by atoms with E-state index in [0.29, 0.717) is 10.8 Å². The highest BCUT2D eigenvalue weighted by Crippen LogP contribution is 2.48. The number of hydrogen-bond acceptors (Lipinski definition) is 1. The maximum Gasteiger partial charge on any atom is 0.0359 e. The number of nitrogens with zero attached hydrogens (tertiary/aromatic N) is 1. The SMILES string of the molecule is C=C(C1CC(C)(C)C1)N1CC=C(C(C)(C)C)CCC1. The van der Waals surface area contributed by atoms with Gasteiger partial charge in [-0.3, -0.25) is 0 Å². The maximum absolute atomic E-state index is 4.39. The molecular formula is C18H31N. The van der Waals surface area contributed by atoms with Crippen molar-refractivity contribution in [3.8, 4) is 0 Å². The van der Waals surface area contributed by atoms with Crippen LogP contribution in [0.15, 0.2) is 23.9 Å². The summed E-state index contributed by atoms with van der Waals surface area (Å²) in [6.45, 7) is 18.4. The van der Waals surface area contributed by atoms with Crippen molar-refractivity contribution in [2.45, 2.75) is 60.3 Å². The van der Waals surface area contributed by atoms with E-state index in [1.807, 2.05) is 0 Å². The van der Waals surface area contributed by atoms with Crippen LogP contribution < -0.4 is 0 Å². The Balaban J connectivity index is 1.96. The van der Waals surface area contributed by atoms with E-state index < -0.39 is 0 Å². The van der Waals surface area contributed by atoms with Gasteiger partial charge in [0.15, 0.2) is 0 Å². The first-order chi connectivity index (χ1) is 8.69. The third kappa shape index (κ3) is 3.43. The summed E-state index contributed by atoms with van der Waals surface area (Å²) < 4.78 is 0. The number of hydrogen-bond donors (Lipinski definition) is 0. The van der Waals surface area contributed by atoms with Crippen LogP contribution in [0, 0.1) is 16.7 Å². The van der Waals surface area contributed by atoms with Crippen molar-refractivity contribution in [2.24, 2.45) is 16.7 Å².